The molecule has 130 valence electrons. The molecule has 0 aliphatic carbocycles. The predicted molar refractivity (Wildman–Crippen MR) is 110 cm³/mol. The average molecular weight is 369 g/mol. The zero-order valence-electron chi connectivity index (χ0n) is 14.4. The summed E-state index contributed by atoms with van der Waals surface area (Å²) in [5, 5.41) is 3.28. The highest BCUT2D eigenvalue weighted by atomic mass is 32.1. The van der Waals surface area contributed by atoms with Crippen LogP contribution in [0.4, 0.5) is 11.8 Å². The van der Waals surface area contributed by atoms with Gasteiger partial charge in [-0.2, -0.15) is 0 Å². The third-order valence-electron chi connectivity index (χ3n) is 5.11. The fourth-order valence-electron chi connectivity index (χ4n) is 3.88. The molecule has 0 unspecified atom stereocenters. The van der Waals surface area contributed by atoms with Crippen molar-refractivity contribution in [2.45, 2.75) is 6.54 Å². The molecule has 0 radical (unpaired) electrons. The first-order valence-electron chi connectivity index (χ1n) is 8.90. The lowest BCUT2D eigenvalue weighted by Crippen LogP contribution is -2.16. The van der Waals surface area contributed by atoms with Crippen molar-refractivity contribution in [1.29, 1.82) is 0 Å². The summed E-state index contributed by atoms with van der Waals surface area (Å²) in [6, 6.07) is 18.7. The molecule has 1 aliphatic heterocycles. The van der Waals surface area contributed by atoms with E-state index in [0.29, 0.717) is 0 Å². The predicted octanol–water partition coefficient (Wildman–Crippen LogP) is 4.86. The van der Waals surface area contributed by atoms with Crippen molar-refractivity contribution in [3.05, 3.63) is 66.3 Å². The van der Waals surface area contributed by atoms with E-state index in [0.717, 1.165) is 40.6 Å². The molecular formula is C21H15N5S. The maximum Gasteiger partial charge on any atom is 0.212 e. The maximum atomic E-state index is 4.88. The second-order valence-electron chi connectivity index (χ2n) is 6.60. The summed E-state index contributed by atoms with van der Waals surface area (Å²) in [5.74, 6) is 1.90. The average Bonchev–Trinajstić information content (AvgIpc) is 3.41. The number of benzene rings is 2. The zero-order valence-corrected chi connectivity index (χ0v) is 15.2. The van der Waals surface area contributed by atoms with E-state index in [1.807, 2.05) is 12.1 Å². The fraction of sp³-hybridized carbons (Fsp3) is 0.0952. The van der Waals surface area contributed by atoms with Gasteiger partial charge in [0.05, 0.1) is 16.4 Å². The Hall–Kier alpha value is -3.25. The van der Waals surface area contributed by atoms with Crippen LogP contribution in [0.1, 0.15) is 0 Å². The standard InChI is InChI=1S/C21H15N5S/c1-2-6-14(7-3-1)15-12-27-20-18(15)19(22-13-23-20)26-11-10-25-17-9-5-4-8-16(17)24-21(25)26/h1-9,12-13H,10-11H2. The van der Waals surface area contributed by atoms with Gasteiger partial charge in [0.1, 0.15) is 17.0 Å². The van der Waals surface area contributed by atoms with Gasteiger partial charge >= 0.3 is 0 Å². The fourth-order valence-corrected chi connectivity index (χ4v) is 4.79. The molecule has 0 bridgehead atoms. The van der Waals surface area contributed by atoms with Crippen molar-refractivity contribution in [3.63, 3.8) is 0 Å². The Kier molecular flexibility index (Phi) is 3.10. The van der Waals surface area contributed by atoms with Gasteiger partial charge in [0.15, 0.2) is 0 Å². The Morgan fingerprint density at radius 2 is 1.74 bits per heavy atom. The van der Waals surface area contributed by atoms with Gasteiger partial charge in [0, 0.05) is 24.0 Å². The van der Waals surface area contributed by atoms with Crippen LogP contribution in [-0.2, 0) is 6.54 Å². The van der Waals surface area contributed by atoms with E-state index in [-0.39, 0.29) is 0 Å². The third kappa shape index (κ3) is 2.13. The highest BCUT2D eigenvalue weighted by molar-refractivity contribution is 7.17. The minimum absolute atomic E-state index is 0.864. The molecule has 27 heavy (non-hydrogen) atoms. The van der Waals surface area contributed by atoms with Crippen molar-refractivity contribution < 1.29 is 0 Å². The molecule has 0 atom stereocenters. The van der Waals surface area contributed by atoms with Crippen LogP contribution < -0.4 is 4.90 Å². The number of rotatable bonds is 2. The largest absolute Gasteiger partial charge is 0.308 e. The summed E-state index contributed by atoms with van der Waals surface area (Å²) in [6.45, 7) is 1.77. The number of hydrogen-bond acceptors (Lipinski definition) is 5. The molecule has 0 N–H and O–H groups in total. The summed E-state index contributed by atoms with van der Waals surface area (Å²) in [4.78, 5) is 17.3. The number of aromatic nitrogens is 4. The number of anilines is 2. The molecule has 6 heteroatoms. The second kappa shape index (κ2) is 5.62. The highest BCUT2D eigenvalue weighted by Gasteiger charge is 2.28. The van der Waals surface area contributed by atoms with Gasteiger partial charge in [-0.25, -0.2) is 15.0 Å². The summed E-state index contributed by atoms with van der Waals surface area (Å²) >= 11 is 1.66. The van der Waals surface area contributed by atoms with Crippen molar-refractivity contribution in [3.8, 4) is 11.1 Å². The number of nitrogens with zero attached hydrogens (tertiary/aromatic N) is 5. The SMILES string of the molecule is c1ccc(-c2csc3ncnc(N4CCn5c4nc4ccccc45)c23)cc1. The lowest BCUT2D eigenvalue weighted by Gasteiger charge is -2.16. The van der Waals surface area contributed by atoms with Crippen LogP contribution in [0.2, 0.25) is 0 Å². The first-order valence-corrected chi connectivity index (χ1v) is 9.78. The Balaban J connectivity index is 1.59. The van der Waals surface area contributed by atoms with Gasteiger partial charge < -0.3 is 4.57 Å². The molecule has 0 fully saturated rings. The van der Waals surface area contributed by atoms with Gasteiger partial charge in [-0.15, -0.1) is 11.3 Å². The van der Waals surface area contributed by atoms with Gasteiger partial charge in [-0.3, -0.25) is 4.90 Å². The first-order chi connectivity index (χ1) is 13.4. The molecule has 0 spiro atoms. The van der Waals surface area contributed by atoms with Crippen molar-refractivity contribution in [2.75, 3.05) is 11.4 Å². The van der Waals surface area contributed by atoms with Crippen LogP contribution in [0.25, 0.3) is 32.4 Å². The molecule has 4 heterocycles. The lowest BCUT2D eigenvalue weighted by molar-refractivity contribution is 0.823. The molecule has 2 aromatic carbocycles. The van der Waals surface area contributed by atoms with Crippen molar-refractivity contribution >= 4 is 44.4 Å². The van der Waals surface area contributed by atoms with Crippen LogP contribution in [0, 0.1) is 0 Å². The molecular weight excluding hydrogens is 354 g/mol. The van der Waals surface area contributed by atoms with Crippen LogP contribution in [0.5, 0.6) is 0 Å². The van der Waals surface area contributed by atoms with Gasteiger partial charge in [0.2, 0.25) is 5.95 Å². The molecule has 0 saturated heterocycles. The summed E-state index contributed by atoms with van der Waals surface area (Å²) in [5.41, 5.74) is 4.57. The third-order valence-corrected chi connectivity index (χ3v) is 6.00. The van der Waals surface area contributed by atoms with E-state index in [2.05, 4.69) is 67.3 Å². The quantitative estimate of drug-likeness (QED) is 0.446. The Bertz CT molecular complexity index is 1290. The van der Waals surface area contributed by atoms with E-state index in [1.165, 1.54) is 16.6 Å². The molecule has 3 aromatic heterocycles. The smallest absolute Gasteiger partial charge is 0.212 e. The van der Waals surface area contributed by atoms with E-state index in [1.54, 1.807) is 17.7 Å². The number of para-hydroxylation sites is 2. The molecule has 0 amide bonds. The zero-order chi connectivity index (χ0) is 17.8. The van der Waals surface area contributed by atoms with Crippen LogP contribution in [0.15, 0.2) is 66.3 Å². The van der Waals surface area contributed by atoms with Gasteiger partial charge in [0.25, 0.3) is 0 Å². The van der Waals surface area contributed by atoms with E-state index in [9.17, 15) is 0 Å². The summed E-state index contributed by atoms with van der Waals surface area (Å²) < 4.78 is 2.28. The molecule has 1 aliphatic rings. The van der Waals surface area contributed by atoms with E-state index in [4.69, 9.17) is 4.98 Å². The van der Waals surface area contributed by atoms with E-state index >= 15 is 0 Å². The van der Waals surface area contributed by atoms with Gasteiger partial charge in [-0.05, 0) is 17.7 Å². The maximum absolute atomic E-state index is 4.88. The monoisotopic (exact) mass is 369 g/mol. The Labute approximate surface area is 159 Å². The van der Waals surface area contributed by atoms with Crippen molar-refractivity contribution in [1.82, 2.24) is 19.5 Å². The Morgan fingerprint density at radius 3 is 2.67 bits per heavy atom. The van der Waals surface area contributed by atoms with Crippen LogP contribution in [-0.4, -0.2) is 26.1 Å². The minimum Gasteiger partial charge on any atom is -0.308 e. The van der Waals surface area contributed by atoms with Crippen LogP contribution in [0.3, 0.4) is 0 Å². The normalized spacial score (nSPS) is 13.6. The summed E-state index contributed by atoms with van der Waals surface area (Å²) in [7, 11) is 0. The molecule has 0 saturated carbocycles. The van der Waals surface area contributed by atoms with Crippen molar-refractivity contribution in [2.24, 2.45) is 0 Å². The first kappa shape index (κ1) is 14.9. The molecule has 5 aromatic rings. The van der Waals surface area contributed by atoms with Gasteiger partial charge in [-0.1, -0.05) is 42.5 Å². The topological polar surface area (TPSA) is 46.8 Å². The Morgan fingerprint density at radius 1 is 0.889 bits per heavy atom. The number of imidazole rings is 1. The number of thiophene rings is 1. The molecule has 6 rings (SSSR count). The minimum atomic E-state index is 0.864. The lowest BCUT2D eigenvalue weighted by atomic mass is 10.1. The highest BCUT2D eigenvalue weighted by Crippen LogP contribution is 2.41. The number of fused-ring (bicyclic) bond motifs is 4. The van der Waals surface area contributed by atoms with Crippen LogP contribution >= 0.6 is 11.3 Å². The van der Waals surface area contributed by atoms with E-state index < -0.39 is 0 Å². The number of hydrogen-bond donors (Lipinski definition) is 0. The molecule has 5 nitrogen and oxygen atoms in total. The second-order valence-corrected chi connectivity index (χ2v) is 7.45. The summed E-state index contributed by atoms with van der Waals surface area (Å²) in [6.07, 6.45) is 1.66.